The Morgan fingerprint density at radius 1 is 1.27 bits per heavy atom. The van der Waals surface area contributed by atoms with Crippen molar-refractivity contribution in [2.45, 2.75) is 51.4 Å². The fraction of sp³-hybridized carbons (Fsp3) is 0.550. The predicted octanol–water partition coefficient (Wildman–Crippen LogP) is 2.32. The van der Waals surface area contributed by atoms with Gasteiger partial charge in [-0.05, 0) is 57.1 Å². The maximum atomic E-state index is 13.1. The van der Waals surface area contributed by atoms with Gasteiger partial charge in [-0.3, -0.25) is 9.59 Å². The van der Waals surface area contributed by atoms with Crippen molar-refractivity contribution in [1.29, 1.82) is 0 Å². The quantitative estimate of drug-likeness (QED) is 0.900. The first kappa shape index (κ1) is 17.1. The minimum absolute atomic E-state index is 0.143. The SMILES string of the molecule is Cc1cn(C)c([C@@H]2CCCN(C(=O)c3cc4c([nH]c3=O)CCCC4)C2)n1. The summed E-state index contributed by atoms with van der Waals surface area (Å²) in [6.45, 7) is 3.32. The van der Waals surface area contributed by atoms with Crippen LogP contribution in [0.15, 0.2) is 17.1 Å². The Labute approximate surface area is 153 Å². The van der Waals surface area contributed by atoms with Crippen molar-refractivity contribution in [3.05, 3.63) is 51.0 Å². The summed E-state index contributed by atoms with van der Waals surface area (Å²) >= 11 is 0. The van der Waals surface area contributed by atoms with Gasteiger partial charge >= 0.3 is 0 Å². The Morgan fingerprint density at radius 3 is 2.85 bits per heavy atom. The van der Waals surface area contributed by atoms with Gasteiger partial charge in [0.05, 0.1) is 5.69 Å². The van der Waals surface area contributed by atoms with Gasteiger partial charge in [-0.15, -0.1) is 0 Å². The van der Waals surface area contributed by atoms with Gasteiger partial charge in [0.15, 0.2) is 0 Å². The van der Waals surface area contributed by atoms with E-state index in [-0.39, 0.29) is 17.4 Å². The molecule has 1 aliphatic carbocycles. The van der Waals surface area contributed by atoms with Gasteiger partial charge in [-0.1, -0.05) is 0 Å². The number of rotatable bonds is 2. The molecule has 6 nitrogen and oxygen atoms in total. The lowest BCUT2D eigenvalue weighted by Gasteiger charge is -2.32. The lowest BCUT2D eigenvalue weighted by atomic mass is 9.94. The average Bonchev–Trinajstić information content (AvgIpc) is 2.99. The number of aryl methyl sites for hydroxylation is 4. The Balaban J connectivity index is 1.58. The van der Waals surface area contributed by atoms with Crippen LogP contribution in [0.25, 0.3) is 0 Å². The first-order valence-corrected chi connectivity index (χ1v) is 9.57. The van der Waals surface area contributed by atoms with E-state index < -0.39 is 0 Å². The van der Waals surface area contributed by atoms with Crippen LogP contribution >= 0.6 is 0 Å². The molecule has 138 valence electrons. The van der Waals surface area contributed by atoms with E-state index in [4.69, 9.17) is 0 Å². The molecule has 1 atom stereocenters. The molecule has 1 fully saturated rings. The normalized spacial score (nSPS) is 20.1. The van der Waals surface area contributed by atoms with Crippen molar-refractivity contribution in [3.63, 3.8) is 0 Å². The third-order valence-electron chi connectivity index (χ3n) is 5.68. The third-order valence-corrected chi connectivity index (χ3v) is 5.68. The van der Waals surface area contributed by atoms with Gasteiger partial charge < -0.3 is 14.5 Å². The molecule has 4 rings (SSSR count). The highest BCUT2D eigenvalue weighted by atomic mass is 16.2. The van der Waals surface area contributed by atoms with Crippen LogP contribution < -0.4 is 5.56 Å². The molecule has 3 heterocycles. The Kier molecular flexibility index (Phi) is 4.42. The largest absolute Gasteiger partial charge is 0.338 e. The van der Waals surface area contributed by atoms with Crippen molar-refractivity contribution in [2.24, 2.45) is 7.05 Å². The van der Waals surface area contributed by atoms with E-state index in [1.807, 2.05) is 31.1 Å². The molecule has 2 aromatic heterocycles. The van der Waals surface area contributed by atoms with Crippen LogP contribution in [0, 0.1) is 6.92 Å². The van der Waals surface area contributed by atoms with Crippen molar-refractivity contribution >= 4 is 5.91 Å². The number of carbonyl (C=O) groups excluding carboxylic acids is 1. The summed E-state index contributed by atoms with van der Waals surface area (Å²) in [5.74, 6) is 1.11. The smallest absolute Gasteiger partial charge is 0.261 e. The van der Waals surface area contributed by atoms with E-state index in [2.05, 4.69) is 14.5 Å². The molecule has 0 bridgehead atoms. The maximum absolute atomic E-state index is 13.1. The zero-order valence-corrected chi connectivity index (χ0v) is 15.5. The summed E-state index contributed by atoms with van der Waals surface area (Å²) in [5, 5.41) is 0. The van der Waals surface area contributed by atoms with E-state index in [0.29, 0.717) is 18.7 Å². The summed E-state index contributed by atoms with van der Waals surface area (Å²) in [4.78, 5) is 34.9. The zero-order chi connectivity index (χ0) is 18.3. The Hall–Kier alpha value is -2.37. The summed E-state index contributed by atoms with van der Waals surface area (Å²) in [7, 11) is 2.00. The molecule has 2 aliphatic rings. The number of hydrogen-bond donors (Lipinski definition) is 1. The predicted molar refractivity (Wildman–Crippen MR) is 99.5 cm³/mol. The number of carbonyl (C=O) groups is 1. The van der Waals surface area contributed by atoms with Gasteiger partial charge in [0, 0.05) is 37.9 Å². The number of imidazole rings is 1. The number of pyridine rings is 1. The number of fused-ring (bicyclic) bond motifs is 1. The van der Waals surface area contributed by atoms with E-state index in [0.717, 1.165) is 61.3 Å². The van der Waals surface area contributed by atoms with E-state index in [1.54, 1.807) is 0 Å². The minimum Gasteiger partial charge on any atom is -0.338 e. The number of hydrogen-bond acceptors (Lipinski definition) is 3. The summed E-state index contributed by atoms with van der Waals surface area (Å²) < 4.78 is 2.06. The molecule has 26 heavy (non-hydrogen) atoms. The average molecular weight is 354 g/mol. The highest BCUT2D eigenvalue weighted by Gasteiger charge is 2.29. The second-order valence-corrected chi connectivity index (χ2v) is 7.66. The molecule has 1 amide bonds. The van der Waals surface area contributed by atoms with Crippen molar-refractivity contribution in [2.75, 3.05) is 13.1 Å². The van der Waals surface area contributed by atoms with Gasteiger partial charge in [0.25, 0.3) is 11.5 Å². The number of amides is 1. The molecule has 6 heteroatoms. The minimum atomic E-state index is -0.245. The van der Waals surface area contributed by atoms with Crippen molar-refractivity contribution in [3.8, 4) is 0 Å². The molecular weight excluding hydrogens is 328 g/mol. The number of piperidine rings is 1. The van der Waals surface area contributed by atoms with Crippen LogP contribution in [0.4, 0.5) is 0 Å². The molecular formula is C20H26N4O2. The first-order chi connectivity index (χ1) is 12.5. The first-order valence-electron chi connectivity index (χ1n) is 9.57. The lowest BCUT2D eigenvalue weighted by Crippen LogP contribution is -2.42. The number of aromatic amines is 1. The molecule has 2 aromatic rings. The Bertz CT molecular complexity index is 896. The topological polar surface area (TPSA) is 71.0 Å². The van der Waals surface area contributed by atoms with E-state index in [1.165, 1.54) is 0 Å². The third kappa shape index (κ3) is 3.08. The molecule has 0 radical (unpaired) electrons. The number of nitrogens with zero attached hydrogens (tertiary/aromatic N) is 3. The fourth-order valence-corrected chi connectivity index (χ4v) is 4.39. The number of nitrogens with one attached hydrogen (secondary N) is 1. The molecule has 1 aliphatic heterocycles. The molecule has 0 aromatic carbocycles. The molecule has 0 spiro atoms. The second kappa shape index (κ2) is 6.74. The van der Waals surface area contributed by atoms with Crippen LogP contribution in [0.3, 0.4) is 0 Å². The lowest BCUT2D eigenvalue weighted by molar-refractivity contribution is 0.0701. The van der Waals surface area contributed by atoms with Crippen LogP contribution in [-0.2, 0) is 19.9 Å². The summed E-state index contributed by atoms with van der Waals surface area (Å²) in [6, 6.07) is 1.84. The van der Waals surface area contributed by atoms with Crippen LogP contribution in [0.5, 0.6) is 0 Å². The highest BCUT2D eigenvalue weighted by molar-refractivity contribution is 5.94. The monoisotopic (exact) mass is 354 g/mol. The van der Waals surface area contributed by atoms with Gasteiger partial charge in [0.2, 0.25) is 0 Å². The van der Waals surface area contributed by atoms with Crippen LogP contribution in [-0.4, -0.2) is 38.4 Å². The van der Waals surface area contributed by atoms with Crippen molar-refractivity contribution in [1.82, 2.24) is 19.4 Å². The standard InChI is InChI=1S/C20H26N4O2/c1-13-11-23(2)18(21-13)15-7-5-9-24(12-15)20(26)16-10-14-6-3-4-8-17(14)22-19(16)25/h10-11,15H,3-9,12H2,1-2H3,(H,22,25)/t15-/m1/s1. The van der Waals surface area contributed by atoms with Gasteiger partial charge in [-0.2, -0.15) is 0 Å². The van der Waals surface area contributed by atoms with E-state index in [9.17, 15) is 9.59 Å². The molecule has 0 saturated carbocycles. The van der Waals surface area contributed by atoms with Crippen LogP contribution in [0.1, 0.15) is 64.7 Å². The fourth-order valence-electron chi connectivity index (χ4n) is 4.39. The summed E-state index contributed by atoms with van der Waals surface area (Å²) in [6.07, 6.45) is 8.05. The van der Waals surface area contributed by atoms with Crippen LogP contribution in [0.2, 0.25) is 0 Å². The molecule has 0 unspecified atom stereocenters. The van der Waals surface area contributed by atoms with Gasteiger partial charge in [0.1, 0.15) is 11.4 Å². The van der Waals surface area contributed by atoms with Crippen molar-refractivity contribution < 1.29 is 4.79 Å². The second-order valence-electron chi connectivity index (χ2n) is 7.66. The number of aromatic nitrogens is 3. The molecule has 1 saturated heterocycles. The number of H-pyrrole nitrogens is 1. The maximum Gasteiger partial charge on any atom is 0.261 e. The highest BCUT2D eigenvalue weighted by Crippen LogP contribution is 2.27. The zero-order valence-electron chi connectivity index (χ0n) is 15.5. The molecule has 1 N–H and O–H groups in total. The van der Waals surface area contributed by atoms with Gasteiger partial charge in [-0.25, -0.2) is 4.98 Å². The summed E-state index contributed by atoms with van der Waals surface area (Å²) in [5.41, 5.74) is 3.19. The van der Waals surface area contributed by atoms with E-state index >= 15 is 0 Å². The number of likely N-dealkylation sites (tertiary alicyclic amines) is 1. The Morgan fingerprint density at radius 2 is 2.08 bits per heavy atom.